The van der Waals surface area contributed by atoms with Crippen LogP contribution in [0.3, 0.4) is 0 Å². The number of hydrogen-bond acceptors (Lipinski definition) is 6. The Morgan fingerprint density at radius 2 is 2.00 bits per heavy atom. The SMILES string of the molecule is COc1cc2c(cc1OC)[C@@H]1C/C(=N/NC(N)=S)C3=C(CCCC3=O)N1CC2. The van der Waals surface area contributed by atoms with Crippen molar-refractivity contribution in [1.82, 2.24) is 10.3 Å². The number of nitrogens with one attached hydrogen (secondary N) is 1. The van der Waals surface area contributed by atoms with Gasteiger partial charge in [-0.15, -0.1) is 0 Å². The Hall–Kier alpha value is -2.61. The monoisotopic (exact) mass is 400 g/mol. The number of thiocarbonyl (C=S) groups is 1. The van der Waals surface area contributed by atoms with Gasteiger partial charge in [-0.25, -0.2) is 0 Å². The lowest BCUT2D eigenvalue weighted by Gasteiger charge is -2.46. The fourth-order valence-corrected chi connectivity index (χ4v) is 4.57. The van der Waals surface area contributed by atoms with Crippen molar-refractivity contribution in [2.45, 2.75) is 38.1 Å². The molecule has 0 unspecified atom stereocenters. The molecule has 0 amide bonds. The van der Waals surface area contributed by atoms with Gasteiger partial charge in [-0.05, 0) is 54.7 Å². The van der Waals surface area contributed by atoms with E-state index in [2.05, 4.69) is 27.6 Å². The molecule has 3 aliphatic rings. The summed E-state index contributed by atoms with van der Waals surface area (Å²) < 4.78 is 11.0. The minimum Gasteiger partial charge on any atom is -0.493 e. The van der Waals surface area contributed by atoms with E-state index < -0.39 is 0 Å². The van der Waals surface area contributed by atoms with Crippen molar-refractivity contribution in [2.75, 3.05) is 20.8 Å². The van der Waals surface area contributed by atoms with Crippen LogP contribution in [0.5, 0.6) is 11.5 Å². The van der Waals surface area contributed by atoms with Crippen LogP contribution in [0.15, 0.2) is 28.5 Å². The minimum atomic E-state index is 0.0933. The Kier molecular flexibility index (Phi) is 4.97. The minimum absolute atomic E-state index is 0.0933. The molecule has 4 rings (SSSR count). The molecular weight excluding hydrogens is 376 g/mol. The van der Waals surface area contributed by atoms with Crippen LogP contribution in [0.25, 0.3) is 0 Å². The van der Waals surface area contributed by atoms with E-state index in [9.17, 15) is 4.79 Å². The lowest BCUT2D eigenvalue weighted by Crippen LogP contribution is -2.44. The number of ether oxygens (including phenoxy) is 2. The molecule has 2 heterocycles. The summed E-state index contributed by atoms with van der Waals surface area (Å²) in [5, 5.41) is 4.49. The van der Waals surface area contributed by atoms with Gasteiger partial charge in [0, 0.05) is 25.1 Å². The third-order valence-electron chi connectivity index (χ3n) is 5.71. The number of nitrogens with zero attached hydrogens (tertiary/aromatic N) is 2. The summed E-state index contributed by atoms with van der Waals surface area (Å²) >= 11 is 4.90. The Labute approximate surface area is 169 Å². The van der Waals surface area contributed by atoms with Crippen molar-refractivity contribution in [1.29, 1.82) is 0 Å². The second-order valence-electron chi connectivity index (χ2n) is 7.20. The number of fused-ring (bicyclic) bond motifs is 4. The fraction of sp³-hybridized carbons (Fsp3) is 0.450. The van der Waals surface area contributed by atoms with E-state index in [-0.39, 0.29) is 16.9 Å². The van der Waals surface area contributed by atoms with E-state index in [1.165, 1.54) is 11.1 Å². The number of hydrogen-bond donors (Lipinski definition) is 2. The number of carbonyl (C=O) groups excluding carboxylic acids is 1. The highest BCUT2D eigenvalue weighted by Crippen LogP contribution is 2.46. The first-order chi connectivity index (χ1) is 13.5. The van der Waals surface area contributed by atoms with Crippen LogP contribution < -0.4 is 20.6 Å². The molecule has 0 saturated heterocycles. The van der Waals surface area contributed by atoms with Gasteiger partial charge in [-0.3, -0.25) is 10.2 Å². The Balaban J connectivity index is 1.82. The van der Waals surface area contributed by atoms with Gasteiger partial charge < -0.3 is 20.1 Å². The van der Waals surface area contributed by atoms with Crippen LogP contribution in [-0.4, -0.2) is 42.3 Å². The number of benzene rings is 1. The molecular formula is C20H24N4O3S. The van der Waals surface area contributed by atoms with Crippen molar-refractivity contribution in [3.63, 3.8) is 0 Å². The zero-order chi connectivity index (χ0) is 19.8. The smallest absolute Gasteiger partial charge is 0.184 e. The molecule has 0 bridgehead atoms. The van der Waals surface area contributed by atoms with Crippen molar-refractivity contribution in [3.8, 4) is 11.5 Å². The first kappa shape index (κ1) is 18.7. The number of allylic oxidation sites excluding steroid dienone is 2. The Bertz CT molecular complexity index is 909. The lowest BCUT2D eigenvalue weighted by atomic mass is 9.79. The lowest BCUT2D eigenvalue weighted by molar-refractivity contribution is -0.115. The predicted molar refractivity (Wildman–Crippen MR) is 111 cm³/mol. The maximum atomic E-state index is 12.7. The van der Waals surface area contributed by atoms with Gasteiger partial charge in [0.25, 0.3) is 0 Å². The van der Waals surface area contributed by atoms with E-state index in [0.29, 0.717) is 18.6 Å². The molecule has 1 aliphatic carbocycles. The van der Waals surface area contributed by atoms with E-state index in [4.69, 9.17) is 27.4 Å². The van der Waals surface area contributed by atoms with Crippen molar-refractivity contribution in [3.05, 3.63) is 34.5 Å². The Morgan fingerprint density at radius 1 is 1.25 bits per heavy atom. The summed E-state index contributed by atoms with van der Waals surface area (Å²) in [4.78, 5) is 15.1. The molecule has 0 aromatic heterocycles. The van der Waals surface area contributed by atoms with Gasteiger partial charge in [-0.2, -0.15) is 5.10 Å². The molecule has 0 saturated carbocycles. The summed E-state index contributed by atoms with van der Waals surface area (Å²) in [5.41, 5.74) is 13.2. The molecule has 2 aliphatic heterocycles. The molecule has 8 heteroatoms. The number of rotatable bonds is 3. The average molecular weight is 401 g/mol. The second kappa shape index (κ2) is 7.43. The van der Waals surface area contributed by atoms with Crippen LogP contribution >= 0.6 is 12.2 Å². The molecule has 28 heavy (non-hydrogen) atoms. The quantitative estimate of drug-likeness (QED) is 0.594. The summed E-state index contributed by atoms with van der Waals surface area (Å²) in [5.74, 6) is 1.60. The average Bonchev–Trinajstić information content (AvgIpc) is 2.70. The topological polar surface area (TPSA) is 89.2 Å². The molecule has 1 aromatic carbocycles. The first-order valence-corrected chi connectivity index (χ1v) is 9.84. The van der Waals surface area contributed by atoms with Crippen LogP contribution in [0.2, 0.25) is 0 Å². The number of Topliss-reactive ketones (excluding diaryl/α,β-unsaturated/α-hetero) is 1. The molecule has 0 spiro atoms. The molecule has 0 radical (unpaired) electrons. The van der Waals surface area contributed by atoms with Crippen LogP contribution in [0.1, 0.15) is 42.9 Å². The van der Waals surface area contributed by atoms with Gasteiger partial charge in [-0.1, -0.05) is 0 Å². The van der Waals surface area contributed by atoms with Crippen molar-refractivity contribution in [2.24, 2.45) is 10.8 Å². The molecule has 1 atom stereocenters. The number of ketones is 1. The molecule has 1 aromatic rings. The largest absolute Gasteiger partial charge is 0.493 e. The van der Waals surface area contributed by atoms with Crippen LogP contribution in [0, 0.1) is 0 Å². The number of methoxy groups -OCH3 is 2. The number of hydrazone groups is 1. The van der Waals surface area contributed by atoms with Gasteiger partial charge in [0.15, 0.2) is 22.4 Å². The highest BCUT2D eigenvalue weighted by Gasteiger charge is 2.40. The predicted octanol–water partition coefficient (Wildman–Crippen LogP) is 2.20. The zero-order valence-electron chi connectivity index (χ0n) is 16.1. The highest BCUT2D eigenvalue weighted by molar-refractivity contribution is 7.80. The van der Waals surface area contributed by atoms with Gasteiger partial charge in [0.05, 0.1) is 31.5 Å². The highest BCUT2D eigenvalue weighted by atomic mass is 32.1. The van der Waals surface area contributed by atoms with E-state index in [1.54, 1.807) is 14.2 Å². The van der Waals surface area contributed by atoms with Gasteiger partial charge >= 0.3 is 0 Å². The van der Waals surface area contributed by atoms with Crippen LogP contribution in [0.4, 0.5) is 0 Å². The summed E-state index contributed by atoms with van der Waals surface area (Å²) in [6.07, 6.45) is 3.82. The number of nitrogens with two attached hydrogens (primary N) is 1. The second-order valence-corrected chi connectivity index (χ2v) is 7.64. The fourth-order valence-electron chi connectivity index (χ4n) is 4.52. The summed E-state index contributed by atoms with van der Waals surface area (Å²) in [6, 6.07) is 4.21. The molecule has 148 valence electrons. The zero-order valence-corrected chi connectivity index (χ0v) is 16.9. The normalized spacial score (nSPS) is 22.4. The molecule has 3 N–H and O–H groups in total. The maximum Gasteiger partial charge on any atom is 0.184 e. The Morgan fingerprint density at radius 3 is 2.71 bits per heavy atom. The van der Waals surface area contributed by atoms with E-state index >= 15 is 0 Å². The van der Waals surface area contributed by atoms with Gasteiger partial charge in [0.1, 0.15) is 0 Å². The van der Waals surface area contributed by atoms with E-state index in [1.807, 2.05) is 0 Å². The third kappa shape index (κ3) is 3.11. The third-order valence-corrected chi connectivity index (χ3v) is 5.80. The van der Waals surface area contributed by atoms with Crippen LogP contribution in [-0.2, 0) is 11.2 Å². The maximum absolute atomic E-state index is 12.7. The first-order valence-electron chi connectivity index (χ1n) is 9.43. The standard InChI is InChI=1S/C20H24N4O3S/c1-26-17-8-11-6-7-24-14-4-3-5-16(25)19(14)13(22-23-20(21)28)10-15(24)12(11)9-18(17)27-2/h8-9,15H,3-7,10H2,1-2H3,(H3,21,23,28)/b22-13-/t15-/m0/s1. The van der Waals surface area contributed by atoms with E-state index in [0.717, 1.165) is 48.5 Å². The van der Waals surface area contributed by atoms with Crippen molar-refractivity contribution >= 4 is 28.8 Å². The molecule has 0 fully saturated rings. The van der Waals surface area contributed by atoms with Gasteiger partial charge in [0.2, 0.25) is 0 Å². The summed E-state index contributed by atoms with van der Waals surface area (Å²) in [6.45, 7) is 0.870. The molecule has 7 nitrogen and oxygen atoms in total. The van der Waals surface area contributed by atoms with Crippen molar-refractivity contribution < 1.29 is 14.3 Å². The number of carbonyl (C=O) groups is 1. The summed E-state index contributed by atoms with van der Waals surface area (Å²) in [7, 11) is 3.29.